The fourth-order valence-electron chi connectivity index (χ4n) is 0. The quantitative estimate of drug-likeness (QED) is 0.558. The van der Waals surface area contributed by atoms with Crippen molar-refractivity contribution in [2.24, 2.45) is 0 Å². The van der Waals surface area contributed by atoms with Gasteiger partial charge in [0.1, 0.15) is 0 Å². The molecule has 0 saturated heterocycles. The molecule has 0 fully saturated rings. The van der Waals surface area contributed by atoms with Gasteiger partial charge >= 0.3 is 1.43 Å². The largest absolute Gasteiger partial charge is 1.00 e. The molecule has 1 nitrogen and oxygen atoms in total. The summed E-state index contributed by atoms with van der Waals surface area (Å²) in [5.74, 6) is 0. The van der Waals surface area contributed by atoms with E-state index in [9.17, 15) is 0 Å². The second-order valence-corrected chi connectivity index (χ2v) is 0.577. The SMILES string of the molecule is [Ag].[CH2]CCO.[H+]. The molecule has 0 unspecified atom stereocenters. The molecule has 0 amide bonds. The summed E-state index contributed by atoms with van der Waals surface area (Å²) >= 11 is 0. The van der Waals surface area contributed by atoms with E-state index in [2.05, 4.69) is 6.92 Å². The Balaban J connectivity index is -0.0000000450. The van der Waals surface area contributed by atoms with Gasteiger partial charge in [-0.05, 0) is 6.42 Å². The molecule has 0 aromatic heterocycles. The van der Waals surface area contributed by atoms with Gasteiger partial charge in [-0.3, -0.25) is 0 Å². The van der Waals surface area contributed by atoms with E-state index in [1.807, 2.05) is 0 Å². The van der Waals surface area contributed by atoms with Crippen LogP contribution in [-0.2, 0) is 22.4 Å². The van der Waals surface area contributed by atoms with Crippen LogP contribution in [-0.4, -0.2) is 11.7 Å². The summed E-state index contributed by atoms with van der Waals surface area (Å²) in [7, 11) is 0. The van der Waals surface area contributed by atoms with E-state index in [4.69, 9.17) is 5.11 Å². The van der Waals surface area contributed by atoms with Gasteiger partial charge in [-0.2, -0.15) is 0 Å². The van der Waals surface area contributed by atoms with Crippen molar-refractivity contribution in [1.82, 2.24) is 0 Å². The molecule has 0 rings (SSSR count). The maximum atomic E-state index is 7.81. The van der Waals surface area contributed by atoms with Crippen molar-refractivity contribution >= 4 is 0 Å². The predicted octanol–water partition coefficient (Wildman–Crippen LogP) is 0.313. The van der Waals surface area contributed by atoms with Crippen LogP contribution >= 0.6 is 0 Å². The second-order valence-electron chi connectivity index (χ2n) is 0.577. The number of aliphatic hydroxyl groups is 1. The first-order valence-electron chi connectivity index (χ1n) is 1.32. The summed E-state index contributed by atoms with van der Waals surface area (Å²) in [5, 5.41) is 7.81. The van der Waals surface area contributed by atoms with Gasteiger partial charge in [0.15, 0.2) is 0 Å². The number of rotatable bonds is 1. The van der Waals surface area contributed by atoms with Gasteiger partial charge in [0, 0.05) is 29.0 Å². The molecule has 0 aliphatic heterocycles. The van der Waals surface area contributed by atoms with Crippen LogP contribution in [0.5, 0.6) is 0 Å². The minimum atomic E-state index is 0. The maximum absolute atomic E-state index is 7.81. The Kier molecular flexibility index (Phi) is 16.2. The summed E-state index contributed by atoms with van der Waals surface area (Å²) in [4.78, 5) is 0. The molecule has 0 aliphatic rings. The molecule has 0 aliphatic carbocycles. The Morgan fingerprint density at radius 3 is 2.00 bits per heavy atom. The van der Waals surface area contributed by atoms with E-state index in [-0.39, 0.29) is 30.4 Å². The van der Waals surface area contributed by atoms with Crippen LogP contribution in [0.15, 0.2) is 0 Å². The van der Waals surface area contributed by atoms with E-state index in [0.717, 1.165) is 0 Å². The molecule has 2 radical (unpaired) electrons. The Bertz CT molecular complexity index is 12.8. The van der Waals surface area contributed by atoms with Gasteiger partial charge in [0.25, 0.3) is 0 Å². The Hall–Kier alpha value is 0.700. The van der Waals surface area contributed by atoms with Crippen molar-refractivity contribution in [3.8, 4) is 0 Å². The Morgan fingerprint density at radius 1 is 1.80 bits per heavy atom. The molecule has 5 heavy (non-hydrogen) atoms. The third kappa shape index (κ3) is 11.9. The van der Waals surface area contributed by atoms with Crippen LogP contribution in [0.3, 0.4) is 0 Å². The molecular formula is C3H8AgO+. The van der Waals surface area contributed by atoms with Gasteiger partial charge in [0.05, 0.1) is 0 Å². The van der Waals surface area contributed by atoms with Gasteiger partial charge < -0.3 is 5.11 Å². The first-order chi connectivity index (χ1) is 1.91. The van der Waals surface area contributed by atoms with E-state index in [0.29, 0.717) is 6.42 Å². The minimum Gasteiger partial charge on any atom is -0.396 e. The molecule has 0 bridgehead atoms. The van der Waals surface area contributed by atoms with Crippen LogP contribution in [0, 0.1) is 6.92 Å². The van der Waals surface area contributed by atoms with Crippen molar-refractivity contribution in [3.63, 3.8) is 0 Å². The number of hydrogen-bond donors (Lipinski definition) is 1. The van der Waals surface area contributed by atoms with Gasteiger partial charge in [0.2, 0.25) is 0 Å². The fourth-order valence-corrected chi connectivity index (χ4v) is 0. The standard InChI is InChI=1S/C3H7O.Ag/c1-2-3-4;/h4H,1-3H2;/p+1. The summed E-state index contributed by atoms with van der Waals surface area (Å²) in [6, 6.07) is 0. The van der Waals surface area contributed by atoms with E-state index in [1.54, 1.807) is 0 Å². The summed E-state index contributed by atoms with van der Waals surface area (Å²) in [6.45, 7) is 3.56. The zero-order valence-corrected chi connectivity index (χ0v) is 4.35. The van der Waals surface area contributed by atoms with E-state index >= 15 is 0 Å². The van der Waals surface area contributed by atoms with E-state index in [1.165, 1.54) is 0 Å². The molecule has 0 saturated carbocycles. The third-order valence-electron chi connectivity index (χ3n) is 0.158. The van der Waals surface area contributed by atoms with Crippen molar-refractivity contribution in [2.45, 2.75) is 6.42 Å². The third-order valence-corrected chi connectivity index (χ3v) is 0.158. The fraction of sp³-hybridized carbons (Fsp3) is 0.667. The minimum absolute atomic E-state index is 0. The topological polar surface area (TPSA) is 20.2 Å². The molecule has 0 heterocycles. The molecule has 36 valence electrons. The Morgan fingerprint density at radius 2 is 2.00 bits per heavy atom. The van der Waals surface area contributed by atoms with Gasteiger partial charge in [-0.25, -0.2) is 0 Å². The summed E-state index contributed by atoms with van der Waals surface area (Å²) < 4.78 is 0. The molecule has 0 aromatic carbocycles. The van der Waals surface area contributed by atoms with Crippen molar-refractivity contribution in [1.29, 1.82) is 0 Å². The molecular weight excluding hydrogens is 160 g/mol. The zero-order chi connectivity index (χ0) is 3.41. The Labute approximate surface area is 49.4 Å². The number of hydrogen-bond acceptors (Lipinski definition) is 1. The van der Waals surface area contributed by atoms with Crippen LogP contribution in [0.4, 0.5) is 0 Å². The zero-order valence-electron chi connectivity index (χ0n) is 3.87. The van der Waals surface area contributed by atoms with Gasteiger partial charge in [-0.15, -0.1) is 0 Å². The van der Waals surface area contributed by atoms with Gasteiger partial charge in [-0.1, -0.05) is 6.92 Å². The molecule has 2 heteroatoms. The molecule has 0 atom stereocenters. The van der Waals surface area contributed by atoms with E-state index < -0.39 is 0 Å². The first kappa shape index (κ1) is 9.20. The average molecular weight is 168 g/mol. The average Bonchev–Trinajstić information content (AvgIpc) is 1.37. The van der Waals surface area contributed by atoms with Crippen LogP contribution in [0.1, 0.15) is 7.85 Å². The van der Waals surface area contributed by atoms with Crippen LogP contribution < -0.4 is 0 Å². The number of aliphatic hydroxyl groups excluding tert-OH is 1. The molecule has 0 aromatic rings. The monoisotopic (exact) mass is 167 g/mol. The molecule has 1 N–H and O–H groups in total. The second kappa shape index (κ2) is 8.83. The van der Waals surface area contributed by atoms with Crippen LogP contribution in [0.25, 0.3) is 0 Å². The van der Waals surface area contributed by atoms with Crippen molar-refractivity contribution < 1.29 is 28.9 Å². The maximum Gasteiger partial charge on any atom is 1.00 e. The van der Waals surface area contributed by atoms with Crippen molar-refractivity contribution in [3.05, 3.63) is 6.92 Å². The van der Waals surface area contributed by atoms with Crippen molar-refractivity contribution in [2.75, 3.05) is 6.61 Å². The summed E-state index contributed by atoms with van der Waals surface area (Å²) in [5.41, 5.74) is 0. The predicted molar refractivity (Wildman–Crippen MR) is 18.2 cm³/mol. The molecule has 0 spiro atoms. The summed E-state index contributed by atoms with van der Waals surface area (Å²) in [6.07, 6.45) is 0.625. The van der Waals surface area contributed by atoms with Crippen LogP contribution in [0.2, 0.25) is 0 Å². The smallest absolute Gasteiger partial charge is 0.396 e. The first-order valence-corrected chi connectivity index (χ1v) is 1.32. The normalized spacial score (nSPS) is 6.00.